The predicted molar refractivity (Wildman–Crippen MR) is 114 cm³/mol. The van der Waals surface area contributed by atoms with Gasteiger partial charge in [0, 0.05) is 17.5 Å². The second-order valence-electron chi connectivity index (χ2n) is 7.02. The summed E-state index contributed by atoms with van der Waals surface area (Å²) in [5.74, 6) is 1.81. The van der Waals surface area contributed by atoms with Crippen LogP contribution in [0.1, 0.15) is 47.8 Å². The number of hydrogen-bond acceptors (Lipinski definition) is 3. The molecule has 7 heteroatoms. The summed E-state index contributed by atoms with van der Waals surface area (Å²) >= 11 is 6.14. The Morgan fingerprint density at radius 2 is 2.07 bits per heavy atom. The molecule has 0 spiro atoms. The third-order valence-corrected chi connectivity index (χ3v) is 5.51. The maximum atomic E-state index is 12.6. The minimum atomic E-state index is -0.102. The first-order valence-electron chi connectivity index (χ1n) is 9.23. The summed E-state index contributed by atoms with van der Waals surface area (Å²) in [6.45, 7) is 0. The van der Waals surface area contributed by atoms with E-state index in [1.54, 1.807) is 25.3 Å². The van der Waals surface area contributed by atoms with Gasteiger partial charge in [-0.1, -0.05) is 30.2 Å². The average molecular weight is 420 g/mol. The van der Waals surface area contributed by atoms with E-state index >= 15 is 0 Å². The van der Waals surface area contributed by atoms with Crippen molar-refractivity contribution in [1.29, 1.82) is 0 Å². The maximum absolute atomic E-state index is 12.6. The number of hydrogen-bond donors (Lipinski definition) is 2. The van der Waals surface area contributed by atoms with Gasteiger partial charge in [0.1, 0.15) is 11.6 Å². The number of nitrogens with one attached hydrogen (secondary N) is 2. The van der Waals surface area contributed by atoms with E-state index in [1.165, 1.54) is 0 Å². The Morgan fingerprint density at radius 1 is 1.25 bits per heavy atom. The molecule has 3 aromatic rings. The second kappa shape index (κ2) is 8.84. The molecular weight excluding hydrogens is 397 g/mol. The van der Waals surface area contributed by atoms with Gasteiger partial charge in [0.15, 0.2) is 0 Å². The largest absolute Gasteiger partial charge is 0.495 e. The molecule has 2 unspecified atom stereocenters. The fraction of sp³-hybridized carbons (Fsp3) is 0.333. The van der Waals surface area contributed by atoms with Crippen LogP contribution in [0, 0.1) is 0 Å². The van der Waals surface area contributed by atoms with Crippen molar-refractivity contribution < 1.29 is 9.53 Å². The number of ether oxygens (including phenoxy) is 1. The van der Waals surface area contributed by atoms with Crippen molar-refractivity contribution in [2.45, 2.75) is 37.6 Å². The first-order chi connectivity index (χ1) is 13.1. The molecule has 1 fully saturated rings. The number of methoxy groups -OCH3 is 1. The summed E-state index contributed by atoms with van der Waals surface area (Å²) in [5.41, 5.74) is 2.60. The van der Waals surface area contributed by atoms with Crippen LogP contribution in [-0.4, -0.2) is 29.0 Å². The number of benzene rings is 2. The Kier molecular flexibility index (Phi) is 6.47. The van der Waals surface area contributed by atoms with Crippen LogP contribution in [0.5, 0.6) is 5.75 Å². The summed E-state index contributed by atoms with van der Waals surface area (Å²) in [6.07, 6.45) is 4.01. The molecule has 0 aliphatic heterocycles. The lowest BCUT2D eigenvalue weighted by Crippen LogP contribution is -2.38. The number of amides is 1. The predicted octanol–water partition coefficient (Wildman–Crippen LogP) is 5.10. The van der Waals surface area contributed by atoms with Gasteiger partial charge < -0.3 is 15.0 Å². The highest BCUT2D eigenvalue weighted by molar-refractivity contribution is 6.32. The molecule has 1 amide bonds. The molecule has 5 nitrogen and oxygen atoms in total. The molecule has 0 bridgehead atoms. The number of carbonyl (C=O) groups excluding carboxylic acids is 1. The molecule has 2 N–H and O–H groups in total. The molecule has 4 rings (SSSR count). The van der Waals surface area contributed by atoms with E-state index in [-0.39, 0.29) is 24.4 Å². The number of nitrogens with zero attached hydrogens (tertiary/aromatic N) is 1. The van der Waals surface area contributed by atoms with Crippen LogP contribution in [0.3, 0.4) is 0 Å². The van der Waals surface area contributed by atoms with Gasteiger partial charge in [-0.2, -0.15) is 0 Å². The number of carbonyl (C=O) groups is 1. The Bertz CT molecular complexity index is 940. The zero-order valence-corrected chi connectivity index (χ0v) is 17.1. The molecule has 1 aliphatic rings. The number of aromatic nitrogens is 2. The zero-order chi connectivity index (χ0) is 18.8. The Hall–Kier alpha value is -2.24. The number of aromatic amines is 1. The van der Waals surface area contributed by atoms with E-state index < -0.39 is 0 Å². The molecule has 1 aliphatic carbocycles. The lowest BCUT2D eigenvalue weighted by Gasteiger charge is -2.28. The second-order valence-corrected chi connectivity index (χ2v) is 7.43. The minimum Gasteiger partial charge on any atom is -0.495 e. The quantitative estimate of drug-likeness (QED) is 0.617. The van der Waals surface area contributed by atoms with Crippen molar-refractivity contribution in [3.05, 3.63) is 58.9 Å². The standard InChI is InChI=1S/C21H22ClN3O2.ClH/c1-27-19-10-9-14(12-16(19)22)21(26)23-15-6-4-5-13(11-15)20-24-17-7-2-3-8-18(17)25-20;/h2-3,7-10,12-13,15H,4-6,11H2,1H3,(H,23,26)(H,24,25);1H. The van der Waals surface area contributed by atoms with Gasteiger partial charge in [-0.3, -0.25) is 4.79 Å². The first kappa shape index (κ1) is 20.5. The Balaban J connectivity index is 0.00000225. The molecule has 0 saturated heterocycles. The Morgan fingerprint density at radius 3 is 2.82 bits per heavy atom. The zero-order valence-electron chi connectivity index (χ0n) is 15.6. The number of imidazole rings is 1. The third kappa shape index (κ3) is 4.26. The number of H-pyrrole nitrogens is 1. The maximum Gasteiger partial charge on any atom is 0.251 e. The van der Waals surface area contributed by atoms with E-state index in [1.807, 2.05) is 24.3 Å². The van der Waals surface area contributed by atoms with Crippen LogP contribution >= 0.6 is 24.0 Å². The number of rotatable bonds is 4. The fourth-order valence-electron chi connectivity index (χ4n) is 3.81. The lowest BCUT2D eigenvalue weighted by atomic mass is 9.85. The van der Waals surface area contributed by atoms with Gasteiger partial charge in [0.2, 0.25) is 0 Å². The van der Waals surface area contributed by atoms with E-state index in [0.29, 0.717) is 22.3 Å². The van der Waals surface area contributed by atoms with Gasteiger partial charge in [-0.05, 0) is 49.6 Å². The van der Waals surface area contributed by atoms with Crippen molar-refractivity contribution in [2.24, 2.45) is 0 Å². The van der Waals surface area contributed by atoms with Crippen molar-refractivity contribution in [3.63, 3.8) is 0 Å². The van der Waals surface area contributed by atoms with Crippen LogP contribution in [0.15, 0.2) is 42.5 Å². The molecule has 2 atom stereocenters. The highest BCUT2D eigenvalue weighted by Crippen LogP contribution is 2.33. The normalized spacial score (nSPS) is 19.1. The van der Waals surface area contributed by atoms with Crippen molar-refractivity contribution in [3.8, 4) is 5.75 Å². The topological polar surface area (TPSA) is 67.0 Å². The Labute approximate surface area is 175 Å². The molecule has 1 heterocycles. The third-order valence-electron chi connectivity index (χ3n) is 5.22. The van der Waals surface area contributed by atoms with E-state index in [9.17, 15) is 4.79 Å². The van der Waals surface area contributed by atoms with Crippen LogP contribution in [0.4, 0.5) is 0 Å². The summed E-state index contributed by atoms with van der Waals surface area (Å²) in [4.78, 5) is 20.8. The van der Waals surface area contributed by atoms with Crippen LogP contribution in [-0.2, 0) is 0 Å². The highest BCUT2D eigenvalue weighted by atomic mass is 35.5. The van der Waals surface area contributed by atoms with E-state index in [0.717, 1.165) is 42.5 Å². The van der Waals surface area contributed by atoms with Gasteiger partial charge in [0.25, 0.3) is 5.91 Å². The number of fused-ring (bicyclic) bond motifs is 1. The molecular formula is C21H23Cl2N3O2. The number of halogens is 2. The average Bonchev–Trinajstić information content (AvgIpc) is 3.12. The van der Waals surface area contributed by atoms with Gasteiger partial charge in [0.05, 0.1) is 23.2 Å². The summed E-state index contributed by atoms with van der Waals surface area (Å²) in [7, 11) is 1.56. The lowest BCUT2D eigenvalue weighted by molar-refractivity contribution is 0.0924. The number of para-hydroxylation sites is 2. The van der Waals surface area contributed by atoms with Gasteiger partial charge >= 0.3 is 0 Å². The molecule has 28 heavy (non-hydrogen) atoms. The van der Waals surface area contributed by atoms with Gasteiger partial charge in [-0.15, -0.1) is 12.4 Å². The van der Waals surface area contributed by atoms with Crippen LogP contribution in [0.25, 0.3) is 11.0 Å². The molecule has 1 aromatic heterocycles. The molecule has 0 radical (unpaired) electrons. The molecule has 148 valence electrons. The van der Waals surface area contributed by atoms with Crippen LogP contribution < -0.4 is 10.1 Å². The van der Waals surface area contributed by atoms with E-state index in [2.05, 4.69) is 10.3 Å². The fourth-order valence-corrected chi connectivity index (χ4v) is 4.07. The van der Waals surface area contributed by atoms with Crippen LogP contribution in [0.2, 0.25) is 5.02 Å². The summed E-state index contributed by atoms with van der Waals surface area (Å²) in [5, 5.41) is 3.59. The monoisotopic (exact) mass is 419 g/mol. The molecule has 1 saturated carbocycles. The smallest absolute Gasteiger partial charge is 0.251 e. The summed E-state index contributed by atoms with van der Waals surface area (Å²) < 4.78 is 5.14. The SMILES string of the molecule is COc1ccc(C(=O)NC2CCCC(c3nc4ccccc4[nH]3)C2)cc1Cl.Cl. The van der Waals surface area contributed by atoms with Crippen molar-refractivity contribution in [1.82, 2.24) is 15.3 Å². The summed E-state index contributed by atoms with van der Waals surface area (Å²) in [6, 6.07) is 13.3. The van der Waals surface area contributed by atoms with Crippen molar-refractivity contribution in [2.75, 3.05) is 7.11 Å². The van der Waals surface area contributed by atoms with Gasteiger partial charge in [-0.25, -0.2) is 4.98 Å². The molecule has 2 aromatic carbocycles. The minimum absolute atomic E-state index is 0. The highest BCUT2D eigenvalue weighted by Gasteiger charge is 2.27. The first-order valence-corrected chi connectivity index (χ1v) is 9.61. The van der Waals surface area contributed by atoms with Crippen molar-refractivity contribution >= 4 is 40.9 Å². The van der Waals surface area contributed by atoms with E-state index in [4.69, 9.17) is 21.3 Å².